The van der Waals surface area contributed by atoms with Gasteiger partial charge in [0, 0.05) is 12.2 Å². The molecule has 0 aliphatic carbocycles. The maximum absolute atomic E-state index is 11.9. The van der Waals surface area contributed by atoms with Gasteiger partial charge in [0.15, 0.2) is 0 Å². The van der Waals surface area contributed by atoms with E-state index in [0.29, 0.717) is 22.8 Å². The van der Waals surface area contributed by atoms with Crippen LogP contribution in [-0.4, -0.2) is 41.7 Å². The van der Waals surface area contributed by atoms with E-state index < -0.39 is 0 Å². The smallest absolute Gasteiger partial charge is 0.238 e. The molecule has 1 amide bonds. The molecule has 106 valence electrons. The van der Waals surface area contributed by atoms with Crippen LogP contribution in [0, 0.1) is 11.3 Å². The normalized spacial score (nSPS) is 19.4. The number of hydrogen-bond acceptors (Lipinski definition) is 4. The SMILES string of the molecule is N#Cc1ccc(NC(=O)CN2CCCC(O)C2)cc1Cl. The summed E-state index contributed by atoms with van der Waals surface area (Å²) in [5.74, 6) is -0.153. The third kappa shape index (κ3) is 3.94. The zero-order chi connectivity index (χ0) is 14.5. The van der Waals surface area contributed by atoms with Crippen molar-refractivity contribution in [2.75, 3.05) is 25.0 Å². The second kappa shape index (κ2) is 6.71. The summed E-state index contributed by atoms with van der Waals surface area (Å²) in [4.78, 5) is 13.8. The Kier molecular flexibility index (Phi) is 4.96. The summed E-state index contributed by atoms with van der Waals surface area (Å²) < 4.78 is 0. The Hall–Kier alpha value is -1.61. The number of rotatable bonds is 3. The molecule has 1 heterocycles. The molecule has 20 heavy (non-hydrogen) atoms. The molecule has 0 saturated carbocycles. The Morgan fingerprint density at radius 3 is 3.05 bits per heavy atom. The highest BCUT2D eigenvalue weighted by molar-refractivity contribution is 6.32. The average Bonchev–Trinajstić information content (AvgIpc) is 2.38. The topological polar surface area (TPSA) is 76.4 Å². The molecule has 0 aromatic heterocycles. The first-order valence-electron chi connectivity index (χ1n) is 6.48. The van der Waals surface area contributed by atoms with Gasteiger partial charge in [-0.05, 0) is 37.6 Å². The zero-order valence-electron chi connectivity index (χ0n) is 11.0. The predicted molar refractivity (Wildman–Crippen MR) is 76.5 cm³/mol. The molecule has 1 aliphatic heterocycles. The number of β-amino-alcohol motifs (C(OH)–C–C–N with tert-alkyl or cyclic N) is 1. The van der Waals surface area contributed by atoms with Crippen LogP contribution in [0.3, 0.4) is 0 Å². The maximum Gasteiger partial charge on any atom is 0.238 e. The van der Waals surface area contributed by atoms with Crippen molar-refractivity contribution >= 4 is 23.2 Å². The monoisotopic (exact) mass is 293 g/mol. The van der Waals surface area contributed by atoms with Crippen molar-refractivity contribution in [3.8, 4) is 6.07 Å². The highest BCUT2D eigenvalue weighted by atomic mass is 35.5. The van der Waals surface area contributed by atoms with E-state index in [1.807, 2.05) is 11.0 Å². The van der Waals surface area contributed by atoms with Gasteiger partial charge < -0.3 is 10.4 Å². The molecule has 0 bridgehead atoms. The first-order chi connectivity index (χ1) is 9.58. The number of anilines is 1. The van der Waals surface area contributed by atoms with Gasteiger partial charge in [0.05, 0.1) is 23.2 Å². The van der Waals surface area contributed by atoms with Gasteiger partial charge in [0.2, 0.25) is 5.91 Å². The number of hydrogen-bond donors (Lipinski definition) is 2. The molecule has 1 unspecified atom stereocenters. The summed E-state index contributed by atoms with van der Waals surface area (Å²) >= 11 is 5.91. The van der Waals surface area contributed by atoms with Crippen LogP contribution in [-0.2, 0) is 4.79 Å². The lowest BCUT2D eigenvalue weighted by Crippen LogP contribution is -2.42. The van der Waals surface area contributed by atoms with Crippen molar-refractivity contribution in [2.45, 2.75) is 18.9 Å². The number of aliphatic hydroxyl groups excluding tert-OH is 1. The van der Waals surface area contributed by atoms with Gasteiger partial charge >= 0.3 is 0 Å². The van der Waals surface area contributed by atoms with Gasteiger partial charge in [-0.3, -0.25) is 9.69 Å². The van der Waals surface area contributed by atoms with E-state index in [4.69, 9.17) is 16.9 Å². The number of nitriles is 1. The fourth-order valence-corrected chi connectivity index (χ4v) is 2.48. The standard InChI is InChI=1S/C14H16ClN3O2/c15-13-6-11(4-3-10(13)7-16)17-14(20)9-18-5-1-2-12(19)8-18/h3-4,6,12,19H,1-2,5,8-9H2,(H,17,20). The van der Waals surface area contributed by atoms with Crippen LogP contribution < -0.4 is 5.32 Å². The number of benzene rings is 1. The molecule has 5 nitrogen and oxygen atoms in total. The quantitative estimate of drug-likeness (QED) is 0.887. The van der Waals surface area contributed by atoms with Gasteiger partial charge in [-0.25, -0.2) is 0 Å². The first-order valence-corrected chi connectivity index (χ1v) is 6.86. The number of nitrogens with zero attached hydrogens (tertiary/aromatic N) is 2. The molecule has 0 radical (unpaired) electrons. The molecular weight excluding hydrogens is 278 g/mol. The molecule has 0 spiro atoms. The zero-order valence-corrected chi connectivity index (χ0v) is 11.7. The lowest BCUT2D eigenvalue weighted by molar-refractivity contribution is -0.118. The Morgan fingerprint density at radius 2 is 2.40 bits per heavy atom. The Labute approximate surface area is 122 Å². The van der Waals surface area contributed by atoms with Gasteiger partial charge in [-0.15, -0.1) is 0 Å². The van der Waals surface area contributed by atoms with Crippen LogP contribution in [0.25, 0.3) is 0 Å². The van der Waals surface area contributed by atoms with E-state index in [2.05, 4.69) is 5.32 Å². The van der Waals surface area contributed by atoms with Crippen LogP contribution >= 0.6 is 11.6 Å². The molecule has 1 fully saturated rings. The summed E-state index contributed by atoms with van der Waals surface area (Å²) in [6.07, 6.45) is 1.35. The Bertz CT molecular complexity index is 542. The van der Waals surface area contributed by atoms with Crippen LogP contribution in [0.15, 0.2) is 18.2 Å². The van der Waals surface area contributed by atoms with Crippen molar-refractivity contribution in [1.82, 2.24) is 4.90 Å². The number of aliphatic hydroxyl groups is 1. The molecule has 1 saturated heterocycles. The molecular formula is C14H16ClN3O2. The molecule has 2 N–H and O–H groups in total. The number of nitrogens with one attached hydrogen (secondary N) is 1. The number of likely N-dealkylation sites (tertiary alicyclic amines) is 1. The van der Waals surface area contributed by atoms with Gasteiger partial charge in [0.1, 0.15) is 6.07 Å². The molecule has 1 aliphatic rings. The van der Waals surface area contributed by atoms with Crippen LogP contribution in [0.5, 0.6) is 0 Å². The molecule has 2 rings (SSSR count). The summed E-state index contributed by atoms with van der Waals surface area (Å²) in [5, 5.41) is 21.4. The minimum absolute atomic E-state index is 0.153. The lowest BCUT2D eigenvalue weighted by Gasteiger charge is -2.29. The van der Waals surface area contributed by atoms with E-state index in [1.54, 1.807) is 18.2 Å². The predicted octanol–water partition coefficient (Wildman–Crippen LogP) is 1.61. The fourth-order valence-electron chi connectivity index (χ4n) is 2.26. The number of halogens is 1. The third-order valence-electron chi connectivity index (χ3n) is 3.22. The van der Waals surface area contributed by atoms with Crippen molar-refractivity contribution < 1.29 is 9.90 Å². The minimum Gasteiger partial charge on any atom is -0.392 e. The minimum atomic E-state index is -0.346. The number of piperidine rings is 1. The summed E-state index contributed by atoms with van der Waals surface area (Å²) in [7, 11) is 0. The van der Waals surface area contributed by atoms with E-state index in [9.17, 15) is 9.90 Å². The summed E-state index contributed by atoms with van der Waals surface area (Å²) in [6, 6.07) is 6.74. The molecule has 1 atom stereocenters. The van der Waals surface area contributed by atoms with Crippen molar-refractivity contribution in [1.29, 1.82) is 5.26 Å². The second-order valence-corrected chi connectivity index (χ2v) is 5.29. The molecule has 1 aromatic carbocycles. The van der Waals surface area contributed by atoms with E-state index in [-0.39, 0.29) is 18.6 Å². The lowest BCUT2D eigenvalue weighted by atomic mass is 10.1. The van der Waals surface area contributed by atoms with Gasteiger partial charge in [0.25, 0.3) is 0 Å². The van der Waals surface area contributed by atoms with Gasteiger partial charge in [-0.2, -0.15) is 5.26 Å². The fraction of sp³-hybridized carbons (Fsp3) is 0.429. The highest BCUT2D eigenvalue weighted by Crippen LogP contribution is 2.20. The average molecular weight is 294 g/mol. The van der Waals surface area contributed by atoms with Crippen LogP contribution in [0.4, 0.5) is 5.69 Å². The first kappa shape index (κ1) is 14.8. The van der Waals surface area contributed by atoms with Crippen LogP contribution in [0.1, 0.15) is 18.4 Å². The summed E-state index contributed by atoms with van der Waals surface area (Å²) in [5.41, 5.74) is 0.945. The number of carbonyl (C=O) groups excluding carboxylic acids is 1. The van der Waals surface area contributed by atoms with Gasteiger partial charge in [-0.1, -0.05) is 11.6 Å². The molecule has 6 heteroatoms. The Balaban J connectivity index is 1.91. The largest absolute Gasteiger partial charge is 0.392 e. The van der Waals surface area contributed by atoms with E-state index in [0.717, 1.165) is 19.4 Å². The molecule has 1 aromatic rings. The van der Waals surface area contributed by atoms with Crippen molar-refractivity contribution in [2.24, 2.45) is 0 Å². The number of amides is 1. The van der Waals surface area contributed by atoms with Crippen molar-refractivity contribution in [3.05, 3.63) is 28.8 Å². The third-order valence-corrected chi connectivity index (χ3v) is 3.53. The van der Waals surface area contributed by atoms with Crippen LogP contribution in [0.2, 0.25) is 5.02 Å². The Morgan fingerprint density at radius 1 is 1.60 bits per heavy atom. The summed E-state index contributed by atoms with van der Waals surface area (Å²) in [6.45, 7) is 1.59. The van der Waals surface area contributed by atoms with Crippen molar-refractivity contribution in [3.63, 3.8) is 0 Å². The maximum atomic E-state index is 11.9. The highest BCUT2D eigenvalue weighted by Gasteiger charge is 2.19. The second-order valence-electron chi connectivity index (χ2n) is 4.89. The van der Waals surface area contributed by atoms with E-state index >= 15 is 0 Å². The van der Waals surface area contributed by atoms with E-state index in [1.165, 1.54) is 0 Å². The number of carbonyl (C=O) groups is 1.